The van der Waals surface area contributed by atoms with E-state index >= 15 is 0 Å². The number of sulfonamides is 1. The Morgan fingerprint density at radius 1 is 1.32 bits per heavy atom. The monoisotopic (exact) mass is 288 g/mol. The second kappa shape index (κ2) is 6.86. The molecule has 108 valence electrons. The van der Waals surface area contributed by atoms with Crippen LogP contribution >= 0.6 is 0 Å². The van der Waals surface area contributed by atoms with E-state index in [9.17, 15) is 12.8 Å². The summed E-state index contributed by atoms with van der Waals surface area (Å²) in [5, 5.41) is 3.15. The van der Waals surface area contributed by atoms with Gasteiger partial charge in [-0.1, -0.05) is 19.9 Å². The van der Waals surface area contributed by atoms with Crippen molar-refractivity contribution in [2.24, 2.45) is 0 Å². The molecule has 0 bridgehead atoms. The van der Waals surface area contributed by atoms with E-state index in [0.29, 0.717) is 30.3 Å². The lowest BCUT2D eigenvalue weighted by Gasteiger charge is -2.12. The third-order valence-corrected chi connectivity index (χ3v) is 4.03. The minimum Gasteiger partial charge on any atom is -0.314 e. The van der Waals surface area contributed by atoms with E-state index in [-0.39, 0.29) is 5.75 Å². The molecule has 1 aromatic carbocycles. The van der Waals surface area contributed by atoms with E-state index < -0.39 is 15.8 Å². The van der Waals surface area contributed by atoms with Gasteiger partial charge in [-0.05, 0) is 32.0 Å². The second-order valence-corrected chi connectivity index (χ2v) is 6.64. The Bertz CT molecular complexity index is 515. The highest BCUT2D eigenvalue weighted by Crippen LogP contribution is 2.18. The van der Waals surface area contributed by atoms with Crippen LogP contribution in [0.15, 0.2) is 18.2 Å². The van der Waals surface area contributed by atoms with Crippen LogP contribution in [0.4, 0.5) is 10.1 Å². The van der Waals surface area contributed by atoms with Gasteiger partial charge in [-0.2, -0.15) is 0 Å². The van der Waals surface area contributed by atoms with Gasteiger partial charge >= 0.3 is 0 Å². The molecule has 0 amide bonds. The minimum atomic E-state index is -3.43. The van der Waals surface area contributed by atoms with Crippen molar-refractivity contribution in [3.63, 3.8) is 0 Å². The Morgan fingerprint density at radius 2 is 2.00 bits per heavy atom. The van der Waals surface area contributed by atoms with Crippen LogP contribution in [0.25, 0.3) is 0 Å². The van der Waals surface area contributed by atoms with Crippen molar-refractivity contribution in [2.45, 2.75) is 33.2 Å². The van der Waals surface area contributed by atoms with Gasteiger partial charge in [0.2, 0.25) is 10.0 Å². The third kappa shape index (κ3) is 5.57. The van der Waals surface area contributed by atoms with E-state index in [1.54, 1.807) is 13.0 Å². The molecule has 0 unspecified atom stereocenters. The molecular formula is C13H21FN2O2S. The maximum Gasteiger partial charge on any atom is 0.232 e. The van der Waals surface area contributed by atoms with Gasteiger partial charge in [0.15, 0.2) is 0 Å². The van der Waals surface area contributed by atoms with Gasteiger partial charge < -0.3 is 5.32 Å². The fourth-order valence-electron chi connectivity index (χ4n) is 1.59. The first-order valence-electron chi connectivity index (χ1n) is 6.31. The summed E-state index contributed by atoms with van der Waals surface area (Å²) in [6.45, 7) is 6.19. The molecule has 0 radical (unpaired) electrons. The van der Waals surface area contributed by atoms with Crippen molar-refractivity contribution in [1.82, 2.24) is 5.32 Å². The first-order chi connectivity index (χ1) is 8.82. The third-order valence-electron chi connectivity index (χ3n) is 2.68. The van der Waals surface area contributed by atoms with E-state index in [4.69, 9.17) is 0 Å². The number of halogens is 1. The second-order valence-electron chi connectivity index (χ2n) is 4.80. The summed E-state index contributed by atoms with van der Waals surface area (Å²) in [6, 6.07) is 4.68. The molecule has 0 heterocycles. The fraction of sp³-hybridized carbons (Fsp3) is 0.538. The molecule has 19 heavy (non-hydrogen) atoms. The van der Waals surface area contributed by atoms with E-state index in [1.165, 1.54) is 12.1 Å². The Hall–Kier alpha value is -1.14. The van der Waals surface area contributed by atoms with Crippen LogP contribution in [0.2, 0.25) is 0 Å². The molecule has 0 saturated carbocycles. The van der Waals surface area contributed by atoms with E-state index in [0.717, 1.165) is 0 Å². The number of hydrogen-bond donors (Lipinski definition) is 2. The highest BCUT2D eigenvalue weighted by atomic mass is 32.2. The zero-order valence-electron chi connectivity index (χ0n) is 11.5. The molecule has 0 fully saturated rings. The van der Waals surface area contributed by atoms with Gasteiger partial charge in [-0.15, -0.1) is 0 Å². The van der Waals surface area contributed by atoms with Crippen LogP contribution in [-0.4, -0.2) is 26.8 Å². The Kier molecular flexibility index (Phi) is 5.75. The standard InChI is InChI=1S/C13H21FN2O2S/c1-10(2)15-8-5-9-19(17,18)16-13-7-4-6-12(14)11(13)3/h4,6-7,10,15-16H,5,8-9H2,1-3H3. The normalized spacial score (nSPS) is 11.8. The maximum atomic E-state index is 13.3. The van der Waals surface area contributed by atoms with Gasteiger partial charge in [0.1, 0.15) is 5.82 Å². The molecule has 6 heteroatoms. The number of rotatable bonds is 7. The maximum absolute atomic E-state index is 13.3. The Labute approximate surface area is 114 Å². The van der Waals surface area contributed by atoms with E-state index in [1.807, 2.05) is 13.8 Å². The lowest BCUT2D eigenvalue weighted by Crippen LogP contribution is -2.26. The Morgan fingerprint density at radius 3 is 2.63 bits per heavy atom. The smallest absolute Gasteiger partial charge is 0.232 e. The minimum absolute atomic E-state index is 0.0165. The summed E-state index contributed by atoms with van der Waals surface area (Å²) < 4.78 is 39.4. The molecule has 0 atom stereocenters. The SMILES string of the molecule is Cc1c(F)cccc1NS(=O)(=O)CCCNC(C)C. The molecule has 0 spiro atoms. The number of benzene rings is 1. The summed E-state index contributed by atoms with van der Waals surface area (Å²) in [5.74, 6) is -0.399. The number of hydrogen-bond acceptors (Lipinski definition) is 3. The van der Waals surface area contributed by atoms with Crippen molar-refractivity contribution < 1.29 is 12.8 Å². The summed E-state index contributed by atoms with van der Waals surface area (Å²) >= 11 is 0. The van der Waals surface area contributed by atoms with Gasteiger partial charge in [-0.25, -0.2) is 12.8 Å². The molecule has 0 aliphatic rings. The summed E-state index contributed by atoms with van der Waals surface area (Å²) in [4.78, 5) is 0. The van der Waals surface area contributed by atoms with Crippen LogP contribution in [0.1, 0.15) is 25.8 Å². The quantitative estimate of drug-likeness (QED) is 0.757. The molecule has 2 N–H and O–H groups in total. The lowest BCUT2D eigenvalue weighted by molar-refractivity contribution is 0.571. The molecule has 4 nitrogen and oxygen atoms in total. The first-order valence-corrected chi connectivity index (χ1v) is 7.96. The molecule has 0 aliphatic heterocycles. The van der Waals surface area contributed by atoms with Crippen molar-refractivity contribution in [1.29, 1.82) is 0 Å². The van der Waals surface area contributed by atoms with Crippen molar-refractivity contribution in [3.05, 3.63) is 29.6 Å². The Balaban J connectivity index is 2.57. The van der Waals surface area contributed by atoms with Gasteiger partial charge in [-0.3, -0.25) is 4.72 Å². The molecule has 0 aromatic heterocycles. The topological polar surface area (TPSA) is 58.2 Å². The van der Waals surface area contributed by atoms with Crippen molar-refractivity contribution in [2.75, 3.05) is 17.0 Å². The highest BCUT2D eigenvalue weighted by molar-refractivity contribution is 7.92. The molecule has 1 rings (SSSR count). The first kappa shape index (κ1) is 15.9. The number of nitrogens with one attached hydrogen (secondary N) is 2. The van der Waals surface area contributed by atoms with Crippen LogP contribution < -0.4 is 10.0 Å². The zero-order chi connectivity index (χ0) is 14.5. The summed E-state index contributed by atoms with van der Waals surface area (Å²) in [7, 11) is -3.43. The molecule has 0 saturated heterocycles. The van der Waals surface area contributed by atoms with Crippen LogP contribution in [0, 0.1) is 12.7 Å². The zero-order valence-corrected chi connectivity index (χ0v) is 12.3. The molecular weight excluding hydrogens is 267 g/mol. The van der Waals surface area contributed by atoms with Crippen LogP contribution in [0.5, 0.6) is 0 Å². The van der Waals surface area contributed by atoms with Gasteiger partial charge in [0.25, 0.3) is 0 Å². The predicted molar refractivity (Wildman–Crippen MR) is 76.3 cm³/mol. The van der Waals surface area contributed by atoms with Gasteiger partial charge in [0, 0.05) is 11.6 Å². The van der Waals surface area contributed by atoms with E-state index in [2.05, 4.69) is 10.0 Å². The fourth-order valence-corrected chi connectivity index (χ4v) is 2.77. The van der Waals surface area contributed by atoms with Crippen molar-refractivity contribution >= 4 is 15.7 Å². The predicted octanol–water partition coefficient (Wildman–Crippen LogP) is 2.26. The molecule has 1 aromatic rings. The largest absolute Gasteiger partial charge is 0.314 e. The summed E-state index contributed by atoms with van der Waals surface area (Å²) in [6.07, 6.45) is 0.516. The van der Waals surface area contributed by atoms with Crippen LogP contribution in [-0.2, 0) is 10.0 Å². The average molecular weight is 288 g/mol. The van der Waals surface area contributed by atoms with Crippen LogP contribution in [0.3, 0.4) is 0 Å². The van der Waals surface area contributed by atoms with Gasteiger partial charge in [0.05, 0.1) is 11.4 Å². The average Bonchev–Trinajstić information content (AvgIpc) is 2.30. The summed E-state index contributed by atoms with van der Waals surface area (Å²) in [5.41, 5.74) is 0.614. The number of anilines is 1. The highest BCUT2D eigenvalue weighted by Gasteiger charge is 2.12. The van der Waals surface area contributed by atoms with Crippen molar-refractivity contribution in [3.8, 4) is 0 Å². The lowest BCUT2D eigenvalue weighted by atomic mass is 10.2. The molecule has 0 aliphatic carbocycles.